The van der Waals surface area contributed by atoms with Gasteiger partial charge >= 0.3 is 12.1 Å². The number of halogens is 4. The largest absolute Gasteiger partial charge is 0.462 e. The third-order valence-electron chi connectivity index (χ3n) is 5.64. The Morgan fingerprint density at radius 1 is 1.31 bits per heavy atom. The summed E-state index contributed by atoms with van der Waals surface area (Å²) in [4.78, 5) is 25.3. The number of nitrogens with one attached hydrogen (secondary N) is 1. The molecule has 0 aliphatic carbocycles. The Labute approximate surface area is 206 Å². The van der Waals surface area contributed by atoms with E-state index in [-0.39, 0.29) is 23.5 Å². The first-order chi connectivity index (χ1) is 16.6. The van der Waals surface area contributed by atoms with Crippen LogP contribution >= 0.6 is 11.6 Å². The highest BCUT2D eigenvalue weighted by Crippen LogP contribution is 2.33. The van der Waals surface area contributed by atoms with Gasteiger partial charge in [-0.1, -0.05) is 25.4 Å². The first-order valence-electron chi connectivity index (χ1n) is 11.6. The van der Waals surface area contributed by atoms with Crippen molar-refractivity contribution in [2.75, 3.05) is 26.4 Å². The molecule has 0 fully saturated rings. The molecule has 1 amide bonds. The third kappa shape index (κ3) is 6.98. The molecule has 7 nitrogen and oxygen atoms in total. The van der Waals surface area contributed by atoms with Crippen LogP contribution in [-0.2, 0) is 35.0 Å². The van der Waals surface area contributed by atoms with Gasteiger partial charge < -0.3 is 14.8 Å². The average Bonchev–Trinajstić information content (AvgIpc) is 3.13. The van der Waals surface area contributed by atoms with Crippen LogP contribution in [0.1, 0.15) is 64.4 Å². The van der Waals surface area contributed by atoms with Crippen LogP contribution in [0.25, 0.3) is 0 Å². The quantitative estimate of drug-likeness (QED) is 0.564. The molecule has 0 saturated carbocycles. The van der Waals surface area contributed by atoms with Crippen molar-refractivity contribution in [3.05, 3.63) is 51.3 Å². The fourth-order valence-electron chi connectivity index (χ4n) is 3.95. The number of fused-ring (bicyclic) bond motifs is 1. The SMILES string of the molecule is CCc1nn(C[C@@H](C)COC(=O)c2cc(Cl)ccc2C(F)(F)F)c2c1C(=O)NCCCOCCC2. The molecule has 0 bridgehead atoms. The van der Waals surface area contributed by atoms with E-state index in [4.69, 9.17) is 21.1 Å². The van der Waals surface area contributed by atoms with Gasteiger partial charge in [0.05, 0.1) is 34.7 Å². The zero-order chi connectivity index (χ0) is 25.6. The number of alkyl halides is 3. The number of aryl methyl sites for hydroxylation is 1. The van der Waals surface area contributed by atoms with Gasteiger partial charge in [0.2, 0.25) is 0 Å². The minimum absolute atomic E-state index is 0.00465. The highest BCUT2D eigenvalue weighted by atomic mass is 35.5. The second-order valence-corrected chi connectivity index (χ2v) is 8.96. The number of ether oxygens (including phenoxy) is 2. The molecule has 2 aromatic rings. The van der Waals surface area contributed by atoms with E-state index < -0.39 is 23.3 Å². The summed E-state index contributed by atoms with van der Waals surface area (Å²) in [7, 11) is 0. The number of hydrogen-bond acceptors (Lipinski definition) is 5. The van der Waals surface area contributed by atoms with Gasteiger partial charge in [-0.25, -0.2) is 4.79 Å². The van der Waals surface area contributed by atoms with Crippen molar-refractivity contribution >= 4 is 23.5 Å². The van der Waals surface area contributed by atoms with E-state index in [2.05, 4.69) is 10.4 Å². The maximum Gasteiger partial charge on any atom is 0.417 e. The van der Waals surface area contributed by atoms with Crippen LogP contribution in [0, 0.1) is 5.92 Å². The molecule has 2 heterocycles. The smallest absolute Gasteiger partial charge is 0.417 e. The zero-order valence-electron chi connectivity index (χ0n) is 19.7. The molecular weight excluding hydrogens is 487 g/mol. The van der Waals surface area contributed by atoms with E-state index >= 15 is 0 Å². The van der Waals surface area contributed by atoms with Gasteiger partial charge in [-0.05, 0) is 43.9 Å². The Balaban J connectivity index is 1.75. The second kappa shape index (κ2) is 11.9. The molecule has 35 heavy (non-hydrogen) atoms. The summed E-state index contributed by atoms with van der Waals surface area (Å²) < 4.78 is 52.4. The van der Waals surface area contributed by atoms with Gasteiger partial charge in [0.1, 0.15) is 0 Å². The lowest BCUT2D eigenvalue weighted by molar-refractivity contribution is -0.138. The predicted octanol–water partition coefficient (Wildman–Crippen LogP) is 4.69. The molecule has 11 heteroatoms. The van der Waals surface area contributed by atoms with Gasteiger partial charge in [0.15, 0.2) is 0 Å². The zero-order valence-corrected chi connectivity index (χ0v) is 20.5. The number of benzene rings is 1. The Morgan fingerprint density at radius 2 is 2.06 bits per heavy atom. The van der Waals surface area contributed by atoms with E-state index in [9.17, 15) is 22.8 Å². The number of aromatic nitrogens is 2. The Morgan fingerprint density at radius 3 is 2.77 bits per heavy atom. The molecule has 192 valence electrons. The van der Waals surface area contributed by atoms with Crippen LogP contribution in [0.4, 0.5) is 13.2 Å². The summed E-state index contributed by atoms with van der Waals surface area (Å²) >= 11 is 5.80. The number of rotatable bonds is 6. The molecule has 0 saturated heterocycles. The summed E-state index contributed by atoms with van der Waals surface area (Å²) in [6.07, 6.45) is -2.13. The molecule has 1 aromatic carbocycles. The third-order valence-corrected chi connectivity index (χ3v) is 5.87. The summed E-state index contributed by atoms with van der Waals surface area (Å²) in [5, 5.41) is 7.54. The number of hydrogen-bond donors (Lipinski definition) is 1. The number of nitrogens with zero attached hydrogens (tertiary/aromatic N) is 2. The van der Waals surface area contributed by atoms with Crippen LogP contribution in [0.3, 0.4) is 0 Å². The summed E-state index contributed by atoms with van der Waals surface area (Å²) in [6.45, 7) is 5.55. The molecule has 1 aliphatic heterocycles. The fraction of sp³-hybridized carbons (Fsp3) is 0.542. The topological polar surface area (TPSA) is 82.5 Å². The van der Waals surface area contributed by atoms with Gasteiger partial charge in [-0.15, -0.1) is 0 Å². The highest BCUT2D eigenvalue weighted by molar-refractivity contribution is 6.31. The normalized spacial score (nSPS) is 16.1. The Bertz CT molecular complexity index is 1060. The summed E-state index contributed by atoms with van der Waals surface area (Å²) in [5.74, 6) is -1.55. The molecular formula is C24H29ClF3N3O4. The highest BCUT2D eigenvalue weighted by Gasteiger charge is 2.36. The van der Waals surface area contributed by atoms with E-state index in [1.165, 1.54) is 0 Å². The average molecular weight is 516 g/mol. The number of carbonyl (C=O) groups excluding carboxylic acids is 2. The lowest BCUT2D eigenvalue weighted by Crippen LogP contribution is -2.27. The monoisotopic (exact) mass is 515 g/mol. The molecule has 3 rings (SSSR count). The Kier molecular flexibility index (Phi) is 9.18. The molecule has 0 unspecified atom stereocenters. The van der Waals surface area contributed by atoms with Crippen molar-refractivity contribution in [1.29, 1.82) is 0 Å². The van der Waals surface area contributed by atoms with Crippen molar-refractivity contribution in [3.63, 3.8) is 0 Å². The van der Waals surface area contributed by atoms with E-state index in [1.54, 1.807) is 11.6 Å². The van der Waals surface area contributed by atoms with Crippen LogP contribution in [0.5, 0.6) is 0 Å². The molecule has 1 N–H and O–H groups in total. The molecule has 0 radical (unpaired) electrons. The first kappa shape index (κ1) is 27.0. The van der Waals surface area contributed by atoms with Crippen molar-refractivity contribution in [2.45, 2.75) is 52.3 Å². The van der Waals surface area contributed by atoms with Gasteiger partial charge in [-0.3, -0.25) is 9.48 Å². The van der Waals surface area contributed by atoms with Crippen molar-refractivity contribution < 1.29 is 32.2 Å². The lowest BCUT2D eigenvalue weighted by Gasteiger charge is -2.16. The van der Waals surface area contributed by atoms with Gasteiger partial charge in [0, 0.05) is 37.2 Å². The second-order valence-electron chi connectivity index (χ2n) is 8.52. The lowest BCUT2D eigenvalue weighted by atomic mass is 10.1. The van der Waals surface area contributed by atoms with Crippen LogP contribution in [0.15, 0.2) is 18.2 Å². The number of esters is 1. The van der Waals surface area contributed by atoms with Crippen molar-refractivity contribution in [3.8, 4) is 0 Å². The first-order valence-corrected chi connectivity index (χ1v) is 12.0. The minimum atomic E-state index is -4.72. The minimum Gasteiger partial charge on any atom is -0.462 e. The van der Waals surface area contributed by atoms with Crippen molar-refractivity contribution in [2.24, 2.45) is 5.92 Å². The molecule has 0 spiro atoms. The standard InChI is InChI=1S/C24H29ClF3N3O4/c1-3-19-21-20(6-4-10-34-11-5-9-29-22(21)32)31(30-19)13-15(2)14-35-23(33)17-12-16(25)7-8-18(17)24(26,27)28/h7-8,12,15H,3-6,9-11,13-14H2,1-2H3,(H,29,32)/t15-/m1/s1. The fourth-order valence-corrected chi connectivity index (χ4v) is 4.12. The molecule has 1 aliphatic rings. The number of carbonyl (C=O) groups is 2. The Hall–Kier alpha value is -2.59. The van der Waals surface area contributed by atoms with Gasteiger partial charge in [-0.2, -0.15) is 18.3 Å². The van der Waals surface area contributed by atoms with E-state index in [0.29, 0.717) is 56.8 Å². The van der Waals surface area contributed by atoms with E-state index in [0.717, 1.165) is 30.3 Å². The molecule has 1 atom stereocenters. The predicted molar refractivity (Wildman–Crippen MR) is 124 cm³/mol. The molecule has 1 aromatic heterocycles. The van der Waals surface area contributed by atoms with Crippen LogP contribution in [0.2, 0.25) is 5.02 Å². The summed E-state index contributed by atoms with van der Waals surface area (Å²) in [6, 6.07) is 2.79. The van der Waals surface area contributed by atoms with Crippen LogP contribution in [-0.4, -0.2) is 48.0 Å². The maximum absolute atomic E-state index is 13.3. The van der Waals surface area contributed by atoms with Crippen molar-refractivity contribution in [1.82, 2.24) is 15.1 Å². The van der Waals surface area contributed by atoms with Crippen LogP contribution < -0.4 is 5.32 Å². The summed E-state index contributed by atoms with van der Waals surface area (Å²) in [5.41, 5.74) is 0.284. The van der Waals surface area contributed by atoms with Gasteiger partial charge in [0.25, 0.3) is 5.91 Å². The van der Waals surface area contributed by atoms with E-state index in [1.807, 2.05) is 6.92 Å². The maximum atomic E-state index is 13.3. The number of amides is 1.